The molecule has 0 saturated heterocycles. The number of ketones is 1. The summed E-state index contributed by atoms with van der Waals surface area (Å²) in [5.74, 6) is -2.33. The number of nitrogens with one attached hydrogen (secondary N) is 1. The first-order valence-corrected chi connectivity index (χ1v) is 5.01. The molecule has 2 rings (SSSR count). The van der Waals surface area contributed by atoms with Crippen molar-refractivity contribution in [2.45, 2.75) is 0 Å². The fraction of sp³-hybridized carbons (Fsp3) is 0.231. The van der Waals surface area contributed by atoms with E-state index in [2.05, 4.69) is 4.98 Å². The number of aromatic amines is 1. The van der Waals surface area contributed by atoms with Crippen LogP contribution in [-0.4, -0.2) is 42.6 Å². The lowest BCUT2D eigenvalue weighted by Crippen LogP contribution is -2.29. The minimum Gasteiger partial charge on any atom is -0.497 e. The van der Waals surface area contributed by atoms with Crippen LogP contribution in [0.4, 0.5) is 0 Å². The molecular formula is C13H14N2O3. The fourth-order valence-electron chi connectivity index (χ4n) is 1.64. The average molecular weight is 252 g/mol. The lowest BCUT2D eigenvalue weighted by molar-refractivity contribution is -0.124. The van der Waals surface area contributed by atoms with E-state index >= 15 is 0 Å². The molecule has 5 heteroatoms. The van der Waals surface area contributed by atoms with Crippen LogP contribution in [0.5, 0.6) is 5.75 Å². The molecule has 0 atom stereocenters. The van der Waals surface area contributed by atoms with Crippen LogP contribution in [0, 0.1) is 0 Å². The zero-order valence-electron chi connectivity index (χ0n) is 15.5. The van der Waals surface area contributed by atoms with Crippen molar-refractivity contribution in [3.63, 3.8) is 0 Å². The van der Waals surface area contributed by atoms with Gasteiger partial charge < -0.3 is 14.6 Å². The largest absolute Gasteiger partial charge is 0.497 e. The monoisotopic (exact) mass is 252 g/mol. The lowest BCUT2D eigenvalue weighted by Gasteiger charge is -2.08. The van der Waals surface area contributed by atoms with Crippen LogP contribution in [0.1, 0.15) is 18.6 Å². The number of hydrogen-bond acceptors (Lipinski definition) is 3. The van der Waals surface area contributed by atoms with Crippen molar-refractivity contribution in [1.29, 1.82) is 0 Å². The number of carbonyl (C=O) groups is 2. The molecule has 0 aliphatic heterocycles. The molecule has 0 unspecified atom stereocenters. The number of amides is 1. The number of methoxy groups -OCH3 is 1. The average Bonchev–Trinajstić information content (AvgIpc) is 2.85. The Bertz CT molecular complexity index is 779. The van der Waals surface area contributed by atoms with E-state index in [4.69, 9.17) is 13.0 Å². The van der Waals surface area contributed by atoms with E-state index in [1.807, 2.05) is 0 Å². The predicted octanol–water partition coefficient (Wildman–Crippen LogP) is 1.45. The number of ether oxygens (including phenoxy) is 1. The van der Waals surface area contributed by atoms with Gasteiger partial charge in [-0.3, -0.25) is 9.59 Å². The highest BCUT2D eigenvalue weighted by atomic mass is 16.5. The third-order valence-corrected chi connectivity index (χ3v) is 2.53. The standard InChI is InChI=1S/C13H14N2O3/c1-15(2)13(17)12(16)10-7-14-11-6-8(18-3)4-5-9(10)11/h4-7,14H,1-3H3/i1D3,2D3. The van der Waals surface area contributed by atoms with Crippen LogP contribution in [0.25, 0.3) is 10.9 Å². The summed E-state index contributed by atoms with van der Waals surface area (Å²) in [7, 11) is 1.46. The lowest BCUT2D eigenvalue weighted by atomic mass is 10.1. The maximum absolute atomic E-state index is 12.4. The highest BCUT2D eigenvalue weighted by Crippen LogP contribution is 2.23. The second-order valence-electron chi connectivity index (χ2n) is 3.58. The summed E-state index contributed by atoms with van der Waals surface area (Å²) in [5.41, 5.74) is 0.371. The highest BCUT2D eigenvalue weighted by Gasteiger charge is 2.21. The zero-order chi connectivity index (χ0) is 18.3. The third kappa shape index (κ3) is 1.95. The zero-order valence-corrected chi connectivity index (χ0v) is 9.48. The molecule has 94 valence electrons. The molecule has 18 heavy (non-hydrogen) atoms. The van der Waals surface area contributed by atoms with E-state index in [1.54, 1.807) is 12.1 Å². The minimum absolute atomic E-state index is 0.115. The van der Waals surface area contributed by atoms with Gasteiger partial charge in [-0.1, -0.05) is 0 Å². The number of likely N-dealkylation sites (N-methyl/N-ethyl adjacent to an activating group) is 1. The van der Waals surface area contributed by atoms with Crippen LogP contribution in [0.15, 0.2) is 24.4 Å². The van der Waals surface area contributed by atoms with Crippen molar-refractivity contribution in [1.82, 2.24) is 9.88 Å². The van der Waals surface area contributed by atoms with Crippen molar-refractivity contribution in [3.05, 3.63) is 30.0 Å². The van der Waals surface area contributed by atoms with Crippen molar-refractivity contribution >= 4 is 22.6 Å². The first-order valence-electron chi connectivity index (χ1n) is 8.01. The number of carbonyl (C=O) groups excluding carboxylic acids is 2. The summed E-state index contributed by atoms with van der Waals surface area (Å²) >= 11 is 0. The topological polar surface area (TPSA) is 62.4 Å². The summed E-state index contributed by atoms with van der Waals surface area (Å²) in [5, 5.41) is 0.352. The molecule has 1 amide bonds. The van der Waals surface area contributed by atoms with Crippen LogP contribution in [0.2, 0.25) is 0 Å². The normalized spacial score (nSPS) is 16.7. The SMILES string of the molecule is [2H]C([2H])([2H])N(C(=O)C(=O)c1c[nH]c2cc(OC)ccc12)C([2H])([2H])[2H]. The van der Waals surface area contributed by atoms with Crippen molar-refractivity contribution in [2.75, 3.05) is 21.1 Å². The van der Waals surface area contributed by atoms with Gasteiger partial charge in [-0.15, -0.1) is 0 Å². The van der Waals surface area contributed by atoms with Crippen molar-refractivity contribution in [3.8, 4) is 5.75 Å². The first kappa shape index (κ1) is 6.58. The van der Waals surface area contributed by atoms with Crippen LogP contribution in [-0.2, 0) is 4.79 Å². The van der Waals surface area contributed by atoms with E-state index in [-0.39, 0.29) is 10.5 Å². The van der Waals surface area contributed by atoms with E-state index in [0.29, 0.717) is 16.7 Å². The minimum atomic E-state index is -3.27. The Balaban J connectivity index is 2.46. The fourth-order valence-corrected chi connectivity index (χ4v) is 1.64. The number of H-pyrrole nitrogens is 1. The van der Waals surface area contributed by atoms with Crippen LogP contribution < -0.4 is 4.74 Å². The number of benzene rings is 1. The molecule has 1 aromatic carbocycles. The number of nitrogens with zero attached hydrogens (tertiary/aromatic N) is 1. The molecule has 0 bridgehead atoms. The van der Waals surface area contributed by atoms with Gasteiger partial charge in [0.15, 0.2) is 0 Å². The van der Waals surface area contributed by atoms with Crippen LogP contribution >= 0.6 is 0 Å². The second-order valence-corrected chi connectivity index (χ2v) is 3.58. The maximum atomic E-state index is 12.4. The second kappa shape index (κ2) is 4.52. The molecular weight excluding hydrogens is 232 g/mol. The Hall–Kier alpha value is -2.30. The number of Topliss-reactive ketones (excluding diaryl/α,β-unsaturated/α-hetero) is 1. The summed E-state index contributed by atoms with van der Waals surface area (Å²) in [4.78, 5) is 27.0. The molecule has 1 heterocycles. The Morgan fingerprint density at radius 1 is 1.39 bits per heavy atom. The summed E-state index contributed by atoms with van der Waals surface area (Å²) in [6, 6.07) is 4.66. The predicted molar refractivity (Wildman–Crippen MR) is 67.9 cm³/mol. The number of rotatable bonds is 3. The van der Waals surface area contributed by atoms with Gasteiger partial charge in [0.1, 0.15) is 5.75 Å². The Labute approximate surface area is 113 Å². The Morgan fingerprint density at radius 3 is 2.83 bits per heavy atom. The summed E-state index contributed by atoms with van der Waals surface area (Å²) in [6.07, 6.45) is 1.22. The quantitative estimate of drug-likeness (QED) is 0.664. The Morgan fingerprint density at radius 2 is 2.17 bits per heavy atom. The van der Waals surface area contributed by atoms with Crippen LogP contribution in [0.3, 0.4) is 0 Å². The van der Waals surface area contributed by atoms with E-state index < -0.39 is 25.6 Å². The summed E-state index contributed by atoms with van der Waals surface area (Å²) in [6.45, 7) is -6.54. The van der Waals surface area contributed by atoms with Crippen molar-refractivity contribution in [2.24, 2.45) is 0 Å². The molecule has 0 fully saturated rings. The summed E-state index contributed by atoms with van der Waals surface area (Å²) < 4.78 is 48.3. The molecule has 5 nitrogen and oxygen atoms in total. The first-order chi connectivity index (χ1) is 11.0. The molecule has 0 aliphatic rings. The molecule has 2 aromatic rings. The van der Waals surface area contributed by atoms with Gasteiger partial charge in [0, 0.05) is 45.3 Å². The highest BCUT2D eigenvalue weighted by molar-refractivity contribution is 6.44. The molecule has 0 spiro atoms. The third-order valence-electron chi connectivity index (χ3n) is 2.53. The van der Waals surface area contributed by atoms with Crippen molar-refractivity contribution < 1.29 is 22.6 Å². The van der Waals surface area contributed by atoms with E-state index in [1.165, 1.54) is 19.4 Å². The number of aromatic nitrogens is 1. The number of hydrogen-bond donors (Lipinski definition) is 1. The molecule has 0 saturated carbocycles. The van der Waals surface area contributed by atoms with Gasteiger partial charge in [0.25, 0.3) is 11.7 Å². The molecule has 1 aromatic heterocycles. The van der Waals surface area contributed by atoms with E-state index in [9.17, 15) is 9.59 Å². The van der Waals surface area contributed by atoms with Gasteiger partial charge >= 0.3 is 0 Å². The maximum Gasteiger partial charge on any atom is 0.294 e. The smallest absolute Gasteiger partial charge is 0.294 e. The molecule has 0 radical (unpaired) electrons. The van der Waals surface area contributed by atoms with E-state index in [0.717, 1.165) is 0 Å². The Kier molecular flexibility index (Phi) is 1.65. The van der Waals surface area contributed by atoms with Gasteiger partial charge in [-0.25, -0.2) is 0 Å². The van der Waals surface area contributed by atoms with Gasteiger partial charge in [-0.2, -0.15) is 0 Å². The van der Waals surface area contributed by atoms with Gasteiger partial charge in [0.2, 0.25) is 0 Å². The van der Waals surface area contributed by atoms with Gasteiger partial charge in [-0.05, 0) is 12.1 Å². The molecule has 1 N–H and O–H groups in total. The number of fused-ring (bicyclic) bond motifs is 1. The van der Waals surface area contributed by atoms with Gasteiger partial charge in [0.05, 0.1) is 12.7 Å². The molecule has 0 aliphatic carbocycles.